The zero-order valence-electron chi connectivity index (χ0n) is 13.6. The van der Waals surface area contributed by atoms with Gasteiger partial charge in [0.05, 0.1) is 25.9 Å². The molecule has 1 aromatic rings. The first kappa shape index (κ1) is 17.6. The van der Waals surface area contributed by atoms with Gasteiger partial charge in [0.2, 0.25) is 0 Å². The van der Waals surface area contributed by atoms with Crippen molar-refractivity contribution < 1.29 is 22.6 Å². The molecule has 1 aromatic heterocycles. The van der Waals surface area contributed by atoms with Crippen LogP contribution >= 0.6 is 0 Å². The number of aromatic nitrogens is 4. The zero-order chi connectivity index (χ0) is 17.2. The fraction of sp³-hybridized carbons (Fsp3) is 0.929. The summed E-state index contributed by atoms with van der Waals surface area (Å²) in [7, 11) is 1.71. The Balaban J connectivity index is 1.72. The Kier molecular flexibility index (Phi) is 5.36. The van der Waals surface area contributed by atoms with Crippen molar-refractivity contribution in [2.45, 2.75) is 50.7 Å². The largest absolute Gasteiger partial charge is 0.408 e. The van der Waals surface area contributed by atoms with E-state index >= 15 is 0 Å². The van der Waals surface area contributed by atoms with Gasteiger partial charge in [0.1, 0.15) is 6.54 Å². The minimum absolute atomic E-state index is 0.113. The van der Waals surface area contributed by atoms with Crippen molar-refractivity contribution >= 4 is 0 Å². The summed E-state index contributed by atoms with van der Waals surface area (Å²) in [5, 5.41) is 10.7. The highest BCUT2D eigenvalue weighted by molar-refractivity contribution is 4.93. The number of tetrazole rings is 1. The van der Waals surface area contributed by atoms with Gasteiger partial charge in [-0.2, -0.15) is 13.2 Å². The van der Waals surface area contributed by atoms with Crippen LogP contribution in [0.2, 0.25) is 0 Å². The molecule has 0 amide bonds. The zero-order valence-corrected chi connectivity index (χ0v) is 13.6. The van der Waals surface area contributed by atoms with Gasteiger partial charge < -0.3 is 9.47 Å². The van der Waals surface area contributed by atoms with Gasteiger partial charge in [-0.1, -0.05) is 6.42 Å². The van der Waals surface area contributed by atoms with E-state index in [1.165, 1.54) is 0 Å². The maximum Gasteiger partial charge on any atom is 0.408 e. The molecule has 2 heterocycles. The molecule has 3 atom stereocenters. The van der Waals surface area contributed by atoms with Crippen molar-refractivity contribution in [1.82, 2.24) is 25.1 Å². The molecule has 0 spiro atoms. The van der Waals surface area contributed by atoms with E-state index in [0.717, 1.165) is 23.9 Å². The first-order valence-corrected chi connectivity index (χ1v) is 8.14. The van der Waals surface area contributed by atoms with Crippen molar-refractivity contribution in [2.24, 2.45) is 5.92 Å². The minimum Gasteiger partial charge on any atom is -0.381 e. The fourth-order valence-corrected chi connectivity index (χ4v) is 3.75. The molecule has 136 valence electrons. The predicted molar refractivity (Wildman–Crippen MR) is 77.0 cm³/mol. The number of morpholine rings is 1. The highest BCUT2D eigenvalue weighted by atomic mass is 19.4. The molecule has 0 N–H and O–H groups in total. The van der Waals surface area contributed by atoms with Crippen LogP contribution in [-0.2, 0) is 22.6 Å². The van der Waals surface area contributed by atoms with Gasteiger partial charge in [-0.05, 0) is 23.3 Å². The Bertz CT molecular complexity index is 539. The lowest BCUT2D eigenvalue weighted by Gasteiger charge is -2.40. The topological polar surface area (TPSA) is 65.3 Å². The van der Waals surface area contributed by atoms with E-state index in [4.69, 9.17) is 9.47 Å². The molecule has 0 aromatic carbocycles. The van der Waals surface area contributed by atoms with Gasteiger partial charge in [0.15, 0.2) is 5.82 Å². The maximum absolute atomic E-state index is 12.6. The first-order chi connectivity index (χ1) is 11.5. The number of alkyl halides is 3. The summed E-state index contributed by atoms with van der Waals surface area (Å²) >= 11 is 0. The Morgan fingerprint density at radius 2 is 2.17 bits per heavy atom. The lowest BCUT2D eigenvalue weighted by molar-refractivity contribution is -0.143. The van der Waals surface area contributed by atoms with Crippen molar-refractivity contribution in [3.63, 3.8) is 0 Å². The molecule has 7 nitrogen and oxygen atoms in total. The number of halogens is 3. The Labute approximate surface area is 138 Å². The second-order valence-electron chi connectivity index (χ2n) is 6.35. The van der Waals surface area contributed by atoms with Crippen LogP contribution in [0.25, 0.3) is 0 Å². The summed E-state index contributed by atoms with van der Waals surface area (Å²) in [6.07, 6.45) is -1.03. The van der Waals surface area contributed by atoms with Gasteiger partial charge in [-0.15, -0.1) is 5.10 Å². The van der Waals surface area contributed by atoms with Crippen molar-refractivity contribution in [3.8, 4) is 0 Å². The Morgan fingerprint density at radius 3 is 2.92 bits per heavy atom. The van der Waals surface area contributed by atoms with Crippen molar-refractivity contribution in [1.29, 1.82) is 0 Å². The highest BCUT2D eigenvalue weighted by Gasteiger charge is 2.39. The molecule has 3 rings (SSSR count). The Hall–Kier alpha value is -1.26. The standard InChI is InChI=1S/C14H22F3N5O2/c1-23-12-4-2-3-10(12)11-8-24-6-5-21(11)7-13-18-19-20-22(13)9-14(15,16)17/h10-12H,2-9H2,1H3/t10-,11+,12-/m1/s1. The van der Waals surface area contributed by atoms with E-state index in [1.807, 2.05) is 0 Å². The third-order valence-corrected chi connectivity index (χ3v) is 4.86. The number of rotatable bonds is 5. The molecule has 0 unspecified atom stereocenters. The van der Waals surface area contributed by atoms with Gasteiger partial charge in [0, 0.05) is 25.6 Å². The molecule has 1 saturated heterocycles. The average Bonchev–Trinajstić information content (AvgIpc) is 3.16. The number of hydrogen-bond donors (Lipinski definition) is 0. The van der Waals surface area contributed by atoms with Crippen LogP contribution < -0.4 is 0 Å². The van der Waals surface area contributed by atoms with Crippen LogP contribution in [0.3, 0.4) is 0 Å². The summed E-state index contributed by atoms with van der Waals surface area (Å²) in [4.78, 5) is 2.13. The van der Waals surface area contributed by atoms with E-state index in [9.17, 15) is 13.2 Å². The molecular formula is C14H22F3N5O2. The second kappa shape index (κ2) is 7.32. The van der Waals surface area contributed by atoms with Crippen molar-refractivity contribution in [3.05, 3.63) is 5.82 Å². The number of hydrogen-bond acceptors (Lipinski definition) is 6. The van der Waals surface area contributed by atoms with E-state index < -0.39 is 12.7 Å². The molecule has 1 saturated carbocycles. The molecule has 2 fully saturated rings. The number of ether oxygens (including phenoxy) is 2. The van der Waals surface area contributed by atoms with Crippen molar-refractivity contribution in [2.75, 3.05) is 26.9 Å². The van der Waals surface area contributed by atoms with E-state index in [1.54, 1.807) is 7.11 Å². The average molecular weight is 349 g/mol. The summed E-state index contributed by atoms with van der Waals surface area (Å²) < 4.78 is 49.9. The van der Waals surface area contributed by atoms with Gasteiger partial charge >= 0.3 is 6.18 Å². The summed E-state index contributed by atoms with van der Waals surface area (Å²) in [6, 6.07) is 0.113. The van der Waals surface area contributed by atoms with E-state index in [0.29, 0.717) is 25.7 Å². The van der Waals surface area contributed by atoms with Gasteiger partial charge in [-0.3, -0.25) is 4.90 Å². The van der Waals surface area contributed by atoms with E-state index in [2.05, 4.69) is 20.4 Å². The quantitative estimate of drug-likeness (QED) is 0.797. The van der Waals surface area contributed by atoms with Crippen LogP contribution in [0.4, 0.5) is 13.2 Å². The van der Waals surface area contributed by atoms with Crippen LogP contribution in [0, 0.1) is 5.92 Å². The molecule has 1 aliphatic carbocycles. The normalized spacial score (nSPS) is 29.2. The second-order valence-corrected chi connectivity index (χ2v) is 6.35. The molecule has 0 bridgehead atoms. The molecule has 1 aliphatic heterocycles. The minimum atomic E-state index is -4.35. The first-order valence-electron chi connectivity index (χ1n) is 8.14. The maximum atomic E-state index is 12.6. The number of methoxy groups -OCH3 is 1. The third-order valence-electron chi connectivity index (χ3n) is 4.86. The van der Waals surface area contributed by atoms with Gasteiger partial charge in [0.25, 0.3) is 0 Å². The summed E-state index contributed by atoms with van der Waals surface area (Å²) in [5.74, 6) is 0.549. The highest BCUT2D eigenvalue weighted by Crippen LogP contribution is 2.34. The van der Waals surface area contributed by atoms with E-state index in [-0.39, 0.29) is 24.5 Å². The molecule has 24 heavy (non-hydrogen) atoms. The number of nitrogens with zero attached hydrogens (tertiary/aromatic N) is 5. The van der Waals surface area contributed by atoms with Crippen LogP contribution in [-0.4, -0.2) is 70.3 Å². The lowest BCUT2D eigenvalue weighted by atomic mass is 9.94. The molecule has 10 heteroatoms. The third kappa shape index (κ3) is 4.04. The fourth-order valence-electron chi connectivity index (χ4n) is 3.75. The van der Waals surface area contributed by atoms with Crippen LogP contribution in [0.15, 0.2) is 0 Å². The van der Waals surface area contributed by atoms with Crippen LogP contribution in [0.5, 0.6) is 0 Å². The molecule has 2 aliphatic rings. The molecular weight excluding hydrogens is 327 g/mol. The predicted octanol–water partition coefficient (Wildman–Crippen LogP) is 1.25. The van der Waals surface area contributed by atoms with Gasteiger partial charge in [-0.25, -0.2) is 4.68 Å². The molecule has 0 radical (unpaired) electrons. The summed E-state index contributed by atoms with van der Waals surface area (Å²) in [6.45, 7) is 0.877. The smallest absolute Gasteiger partial charge is 0.381 e. The Morgan fingerprint density at radius 1 is 1.33 bits per heavy atom. The lowest BCUT2D eigenvalue weighted by Crippen LogP contribution is -2.51. The summed E-state index contributed by atoms with van der Waals surface area (Å²) in [5.41, 5.74) is 0. The monoisotopic (exact) mass is 349 g/mol. The van der Waals surface area contributed by atoms with Crippen LogP contribution in [0.1, 0.15) is 25.1 Å². The SMILES string of the molecule is CO[C@@H]1CCC[C@@H]1[C@@H]1COCCN1Cc1nnnn1CC(F)(F)F.